The highest BCUT2D eigenvalue weighted by Crippen LogP contribution is 2.28. The van der Waals surface area contributed by atoms with E-state index in [2.05, 4.69) is 0 Å². The van der Waals surface area contributed by atoms with Crippen LogP contribution in [0.1, 0.15) is 21.5 Å². The van der Waals surface area contributed by atoms with Gasteiger partial charge >= 0.3 is 0 Å². The van der Waals surface area contributed by atoms with Crippen molar-refractivity contribution in [1.29, 1.82) is 0 Å². The molecule has 2 rings (SSSR count). The Morgan fingerprint density at radius 2 is 1.79 bits per heavy atom. The highest BCUT2D eigenvalue weighted by atomic mass is 16.5. The number of amides is 1. The predicted molar refractivity (Wildman–Crippen MR) is 75.4 cm³/mol. The highest BCUT2D eigenvalue weighted by Gasteiger charge is 2.11. The molecule has 2 aromatic carbocycles. The van der Waals surface area contributed by atoms with E-state index in [0.717, 1.165) is 5.56 Å². The lowest BCUT2D eigenvalue weighted by Gasteiger charge is -2.11. The molecule has 19 heavy (non-hydrogen) atoms. The standard InChI is InChI=1S/C15H16N2O2/c1-9-3-5-12(7-10(9)2)19-14-6-4-11(16)8-13(14)15(17)18/h3-8H,16H2,1-2H3,(H2,17,18). The topological polar surface area (TPSA) is 78.3 Å². The number of nitrogen functional groups attached to an aromatic ring is 1. The normalized spacial score (nSPS) is 10.2. The average Bonchev–Trinajstić information content (AvgIpc) is 2.36. The smallest absolute Gasteiger partial charge is 0.252 e. The van der Waals surface area contributed by atoms with Crippen LogP contribution in [-0.4, -0.2) is 5.91 Å². The van der Waals surface area contributed by atoms with Crippen molar-refractivity contribution < 1.29 is 9.53 Å². The molecule has 1 amide bonds. The van der Waals surface area contributed by atoms with Crippen molar-refractivity contribution in [3.8, 4) is 11.5 Å². The third-order valence-electron chi connectivity index (χ3n) is 2.98. The quantitative estimate of drug-likeness (QED) is 0.829. The van der Waals surface area contributed by atoms with E-state index in [1.165, 1.54) is 11.6 Å². The van der Waals surface area contributed by atoms with Gasteiger partial charge in [-0.15, -0.1) is 0 Å². The number of hydrogen-bond donors (Lipinski definition) is 2. The summed E-state index contributed by atoms with van der Waals surface area (Å²) in [6.45, 7) is 4.03. The van der Waals surface area contributed by atoms with E-state index < -0.39 is 5.91 Å². The van der Waals surface area contributed by atoms with Gasteiger partial charge in [-0.25, -0.2) is 0 Å². The molecule has 0 spiro atoms. The molecule has 4 N–H and O–H groups in total. The minimum Gasteiger partial charge on any atom is -0.457 e. The van der Waals surface area contributed by atoms with E-state index in [1.54, 1.807) is 12.1 Å². The summed E-state index contributed by atoms with van der Waals surface area (Å²) in [5, 5.41) is 0. The zero-order valence-corrected chi connectivity index (χ0v) is 10.9. The first-order chi connectivity index (χ1) is 8.97. The zero-order chi connectivity index (χ0) is 14.0. The first-order valence-electron chi connectivity index (χ1n) is 5.92. The Bertz CT molecular complexity index is 636. The highest BCUT2D eigenvalue weighted by molar-refractivity contribution is 5.96. The van der Waals surface area contributed by atoms with E-state index in [9.17, 15) is 4.79 Å². The van der Waals surface area contributed by atoms with Gasteiger partial charge in [-0.3, -0.25) is 4.79 Å². The summed E-state index contributed by atoms with van der Waals surface area (Å²) in [5.41, 5.74) is 14.0. The van der Waals surface area contributed by atoms with Crippen molar-refractivity contribution >= 4 is 11.6 Å². The summed E-state index contributed by atoms with van der Waals surface area (Å²) in [5.74, 6) is 0.506. The second-order valence-electron chi connectivity index (χ2n) is 4.47. The van der Waals surface area contributed by atoms with Gasteiger partial charge in [0, 0.05) is 5.69 Å². The molecule has 0 bridgehead atoms. The molecule has 4 heteroatoms. The molecule has 0 aromatic heterocycles. The SMILES string of the molecule is Cc1ccc(Oc2ccc(N)cc2C(N)=O)cc1C. The Morgan fingerprint density at radius 1 is 1.05 bits per heavy atom. The average molecular weight is 256 g/mol. The first kappa shape index (κ1) is 13.0. The van der Waals surface area contributed by atoms with E-state index >= 15 is 0 Å². The number of benzene rings is 2. The van der Waals surface area contributed by atoms with Crippen molar-refractivity contribution in [1.82, 2.24) is 0 Å². The fourth-order valence-corrected chi connectivity index (χ4v) is 1.73. The van der Waals surface area contributed by atoms with Crippen LogP contribution in [0.4, 0.5) is 5.69 Å². The van der Waals surface area contributed by atoms with Crippen molar-refractivity contribution in [2.75, 3.05) is 5.73 Å². The Balaban J connectivity index is 2.37. The molecule has 98 valence electrons. The number of primary amides is 1. The van der Waals surface area contributed by atoms with Crippen molar-refractivity contribution in [3.05, 3.63) is 53.1 Å². The number of hydrogen-bond acceptors (Lipinski definition) is 3. The van der Waals surface area contributed by atoms with E-state index in [1.807, 2.05) is 32.0 Å². The number of rotatable bonds is 3. The summed E-state index contributed by atoms with van der Waals surface area (Å²) >= 11 is 0. The van der Waals surface area contributed by atoms with Gasteiger partial charge in [0.05, 0.1) is 5.56 Å². The van der Waals surface area contributed by atoms with Crippen molar-refractivity contribution in [2.24, 2.45) is 5.73 Å². The van der Waals surface area contributed by atoms with Crippen LogP contribution in [0.2, 0.25) is 0 Å². The molecule has 0 unspecified atom stereocenters. The molecule has 4 nitrogen and oxygen atoms in total. The molecule has 0 atom stereocenters. The van der Waals surface area contributed by atoms with Gasteiger partial charge in [0.1, 0.15) is 11.5 Å². The molecular weight excluding hydrogens is 240 g/mol. The third-order valence-corrected chi connectivity index (χ3v) is 2.98. The van der Waals surface area contributed by atoms with Gasteiger partial charge < -0.3 is 16.2 Å². The molecule has 0 aliphatic rings. The fraction of sp³-hybridized carbons (Fsp3) is 0.133. The summed E-state index contributed by atoms with van der Waals surface area (Å²) in [6, 6.07) is 10.6. The maximum atomic E-state index is 11.4. The summed E-state index contributed by atoms with van der Waals surface area (Å²) in [6.07, 6.45) is 0. The van der Waals surface area contributed by atoms with Gasteiger partial charge in [0.2, 0.25) is 0 Å². The number of carbonyl (C=O) groups excluding carboxylic acids is 1. The lowest BCUT2D eigenvalue weighted by molar-refractivity contribution is 0.0998. The number of nitrogens with two attached hydrogens (primary N) is 2. The predicted octanol–water partition coefficient (Wildman–Crippen LogP) is 2.78. The summed E-state index contributed by atoms with van der Waals surface area (Å²) < 4.78 is 5.71. The van der Waals surface area contributed by atoms with Crippen LogP contribution in [0.25, 0.3) is 0 Å². The van der Waals surface area contributed by atoms with Crippen LogP contribution in [0.5, 0.6) is 11.5 Å². The van der Waals surface area contributed by atoms with Gasteiger partial charge in [-0.05, 0) is 55.3 Å². The molecular formula is C15H16N2O2. The van der Waals surface area contributed by atoms with Crippen LogP contribution in [0.15, 0.2) is 36.4 Å². The monoisotopic (exact) mass is 256 g/mol. The molecule has 0 aliphatic heterocycles. The van der Waals surface area contributed by atoms with Gasteiger partial charge in [0.25, 0.3) is 5.91 Å². The second-order valence-corrected chi connectivity index (χ2v) is 4.47. The Labute approximate surface area is 112 Å². The van der Waals surface area contributed by atoms with Crippen molar-refractivity contribution in [3.63, 3.8) is 0 Å². The minimum atomic E-state index is -0.564. The zero-order valence-electron chi connectivity index (χ0n) is 10.9. The number of ether oxygens (including phenoxy) is 1. The Kier molecular flexibility index (Phi) is 3.42. The summed E-state index contributed by atoms with van der Waals surface area (Å²) in [4.78, 5) is 11.4. The molecule has 0 radical (unpaired) electrons. The molecule has 0 fully saturated rings. The maximum absolute atomic E-state index is 11.4. The van der Waals surface area contributed by atoms with Crippen molar-refractivity contribution in [2.45, 2.75) is 13.8 Å². The molecule has 0 saturated carbocycles. The first-order valence-corrected chi connectivity index (χ1v) is 5.92. The molecule has 0 heterocycles. The Hall–Kier alpha value is -2.49. The largest absolute Gasteiger partial charge is 0.457 e. The number of carbonyl (C=O) groups is 1. The maximum Gasteiger partial charge on any atom is 0.252 e. The van der Waals surface area contributed by atoms with Crippen LogP contribution < -0.4 is 16.2 Å². The van der Waals surface area contributed by atoms with E-state index in [-0.39, 0.29) is 5.56 Å². The fourth-order valence-electron chi connectivity index (χ4n) is 1.73. The lowest BCUT2D eigenvalue weighted by Crippen LogP contribution is -2.12. The van der Waals surface area contributed by atoms with Crippen LogP contribution in [0.3, 0.4) is 0 Å². The molecule has 2 aromatic rings. The molecule has 0 aliphatic carbocycles. The summed E-state index contributed by atoms with van der Waals surface area (Å²) in [7, 11) is 0. The number of aryl methyl sites for hydroxylation is 2. The van der Waals surface area contributed by atoms with E-state index in [4.69, 9.17) is 16.2 Å². The van der Waals surface area contributed by atoms with Gasteiger partial charge in [-0.2, -0.15) is 0 Å². The van der Waals surface area contributed by atoms with E-state index in [0.29, 0.717) is 17.2 Å². The Morgan fingerprint density at radius 3 is 2.42 bits per heavy atom. The second kappa shape index (κ2) is 5.02. The molecule has 0 saturated heterocycles. The van der Waals surface area contributed by atoms with Crippen LogP contribution in [0, 0.1) is 13.8 Å². The third kappa shape index (κ3) is 2.85. The van der Waals surface area contributed by atoms with Gasteiger partial charge in [-0.1, -0.05) is 6.07 Å². The van der Waals surface area contributed by atoms with Crippen LogP contribution >= 0.6 is 0 Å². The number of anilines is 1. The lowest BCUT2D eigenvalue weighted by atomic mass is 10.1. The minimum absolute atomic E-state index is 0.276. The van der Waals surface area contributed by atoms with Crippen LogP contribution in [-0.2, 0) is 0 Å². The van der Waals surface area contributed by atoms with Gasteiger partial charge in [0.15, 0.2) is 0 Å².